The van der Waals surface area contributed by atoms with Crippen LogP contribution in [-0.4, -0.2) is 11.3 Å². The fourth-order valence-electron chi connectivity index (χ4n) is 0.790. The average molecular weight is 274 g/mol. The highest BCUT2D eigenvalue weighted by atomic mass is 79.9. The molecule has 0 bridgehead atoms. The van der Waals surface area contributed by atoms with Crippen LogP contribution >= 0.6 is 15.9 Å². The smallest absolute Gasteiger partial charge is 0.404 e. The van der Waals surface area contributed by atoms with Crippen molar-refractivity contribution in [1.29, 1.82) is 0 Å². The second-order valence-electron chi connectivity index (χ2n) is 2.41. The van der Waals surface area contributed by atoms with Crippen LogP contribution in [0.5, 0.6) is 5.75 Å². The zero-order valence-electron chi connectivity index (χ0n) is 6.82. The van der Waals surface area contributed by atoms with E-state index in [-0.39, 0.29) is 5.69 Å². The molecule has 1 aromatic rings. The van der Waals surface area contributed by atoms with Crippen molar-refractivity contribution < 1.29 is 22.3 Å². The minimum absolute atomic E-state index is 0.102. The van der Waals surface area contributed by atoms with Gasteiger partial charge in [-0.1, -0.05) is 0 Å². The highest BCUT2D eigenvalue weighted by Crippen LogP contribution is 2.31. The molecule has 0 aliphatic rings. The minimum atomic E-state index is -4.84. The highest BCUT2D eigenvalue weighted by molar-refractivity contribution is 9.10. The van der Waals surface area contributed by atoms with Crippen LogP contribution in [0.2, 0.25) is 0 Å². The molecule has 1 heterocycles. The Labute approximate surface area is 85.0 Å². The summed E-state index contributed by atoms with van der Waals surface area (Å²) in [6.07, 6.45) is -4.84. The van der Waals surface area contributed by atoms with Gasteiger partial charge in [-0.3, -0.25) is 0 Å². The molecule has 0 saturated carbocycles. The summed E-state index contributed by atoms with van der Waals surface area (Å²) in [5.74, 6) is -1.67. The van der Waals surface area contributed by atoms with E-state index >= 15 is 0 Å². The Morgan fingerprint density at radius 2 is 2.00 bits per heavy atom. The average Bonchev–Trinajstić information content (AvgIpc) is 1.96. The molecule has 0 aliphatic carbocycles. The zero-order chi connectivity index (χ0) is 10.9. The van der Waals surface area contributed by atoms with Gasteiger partial charge in [-0.05, 0) is 22.9 Å². The lowest BCUT2D eigenvalue weighted by atomic mass is 10.3. The van der Waals surface area contributed by atoms with Crippen molar-refractivity contribution in [2.75, 3.05) is 0 Å². The summed E-state index contributed by atoms with van der Waals surface area (Å²) in [4.78, 5) is 3.30. The number of rotatable bonds is 1. The van der Waals surface area contributed by atoms with Crippen LogP contribution in [0.25, 0.3) is 0 Å². The van der Waals surface area contributed by atoms with Crippen LogP contribution in [0, 0.1) is 12.9 Å². The van der Waals surface area contributed by atoms with Crippen LogP contribution in [0.1, 0.15) is 5.69 Å². The number of nitrogens with zero attached hydrogens (tertiary/aromatic N) is 1. The second-order valence-corrected chi connectivity index (χ2v) is 3.21. The molecular weight excluding hydrogens is 270 g/mol. The topological polar surface area (TPSA) is 22.1 Å². The highest BCUT2D eigenvalue weighted by Gasteiger charge is 2.32. The minimum Gasteiger partial charge on any atom is -0.404 e. The molecule has 0 saturated heterocycles. The first kappa shape index (κ1) is 11.2. The Morgan fingerprint density at radius 3 is 2.50 bits per heavy atom. The van der Waals surface area contributed by atoms with Gasteiger partial charge in [0.15, 0.2) is 0 Å². The first-order valence-electron chi connectivity index (χ1n) is 3.38. The van der Waals surface area contributed by atoms with Gasteiger partial charge in [-0.15, -0.1) is 13.2 Å². The second kappa shape index (κ2) is 3.72. The van der Waals surface area contributed by atoms with Crippen molar-refractivity contribution in [2.24, 2.45) is 0 Å². The number of aromatic nitrogens is 1. The molecule has 0 N–H and O–H groups in total. The Bertz CT molecular complexity index is 352. The molecule has 1 aromatic heterocycles. The number of hydrogen-bond donors (Lipinski definition) is 0. The molecule has 0 aliphatic heterocycles. The summed E-state index contributed by atoms with van der Waals surface area (Å²) >= 11 is 2.60. The molecule has 14 heavy (non-hydrogen) atoms. The number of ether oxygens (including phenoxy) is 1. The van der Waals surface area contributed by atoms with Crippen LogP contribution in [-0.2, 0) is 0 Å². The van der Waals surface area contributed by atoms with Gasteiger partial charge in [0.05, 0.1) is 0 Å². The van der Waals surface area contributed by atoms with E-state index in [9.17, 15) is 17.6 Å². The molecule has 7 heteroatoms. The molecule has 0 aromatic carbocycles. The summed E-state index contributed by atoms with van der Waals surface area (Å²) < 4.78 is 51.3. The first-order valence-corrected chi connectivity index (χ1v) is 4.17. The number of alkyl halides is 3. The molecule has 0 unspecified atom stereocenters. The molecule has 0 atom stereocenters. The fourth-order valence-corrected chi connectivity index (χ4v) is 1.07. The molecule has 2 nitrogen and oxygen atoms in total. The van der Waals surface area contributed by atoms with Crippen LogP contribution in [0.15, 0.2) is 10.5 Å². The molecule has 0 spiro atoms. The standard InChI is InChI=1S/C7H4BrF4NO/c1-3-2-4(14-7(10,11)12)5(8)6(9)13-3/h2H,1H3. The van der Waals surface area contributed by atoms with Gasteiger partial charge in [0, 0.05) is 11.8 Å². The van der Waals surface area contributed by atoms with E-state index in [0.29, 0.717) is 0 Å². The summed E-state index contributed by atoms with van der Waals surface area (Å²) in [5, 5.41) is 0. The van der Waals surface area contributed by atoms with Crippen molar-refractivity contribution >= 4 is 15.9 Å². The molecule has 0 radical (unpaired) electrons. The lowest BCUT2D eigenvalue weighted by molar-refractivity contribution is -0.275. The van der Waals surface area contributed by atoms with Crippen molar-refractivity contribution in [3.63, 3.8) is 0 Å². The van der Waals surface area contributed by atoms with Gasteiger partial charge in [0.2, 0.25) is 5.95 Å². The van der Waals surface area contributed by atoms with E-state index in [1.165, 1.54) is 6.92 Å². The number of pyridine rings is 1. The van der Waals surface area contributed by atoms with Crippen LogP contribution in [0.4, 0.5) is 17.6 Å². The maximum Gasteiger partial charge on any atom is 0.573 e. The summed E-state index contributed by atoms with van der Waals surface area (Å²) in [5.41, 5.74) is 0.102. The SMILES string of the molecule is Cc1cc(OC(F)(F)F)c(Br)c(F)n1. The van der Waals surface area contributed by atoms with E-state index in [2.05, 4.69) is 25.7 Å². The summed E-state index contributed by atoms with van der Waals surface area (Å²) in [6.45, 7) is 1.36. The Kier molecular flexibility index (Phi) is 2.98. The third-order valence-corrected chi connectivity index (χ3v) is 1.96. The van der Waals surface area contributed by atoms with E-state index in [1.54, 1.807) is 0 Å². The van der Waals surface area contributed by atoms with E-state index in [4.69, 9.17) is 0 Å². The maximum atomic E-state index is 12.8. The number of aryl methyl sites for hydroxylation is 1. The van der Waals surface area contributed by atoms with Gasteiger partial charge in [0.1, 0.15) is 10.2 Å². The van der Waals surface area contributed by atoms with Crippen molar-refractivity contribution in [3.05, 3.63) is 22.2 Å². The van der Waals surface area contributed by atoms with Crippen molar-refractivity contribution in [2.45, 2.75) is 13.3 Å². The van der Waals surface area contributed by atoms with Crippen LogP contribution < -0.4 is 4.74 Å². The first-order chi connectivity index (χ1) is 6.29. The maximum absolute atomic E-state index is 12.8. The Balaban J connectivity index is 3.09. The summed E-state index contributed by atoms with van der Waals surface area (Å²) in [7, 11) is 0. The van der Waals surface area contributed by atoms with Gasteiger partial charge >= 0.3 is 6.36 Å². The van der Waals surface area contributed by atoms with Crippen LogP contribution in [0.3, 0.4) is 0 Å². The monoisotopic (exact) mass is 273 g/mol. The third kappa shape index (κ3) is 2.83. The molecular formula is C7H4BrF4NO. The third-order valence-electron chi connectivity index (χ3n) is 1.24. The molecule has 1 rings (SSSR count). The summed E-state index contributed by atoms with van der Waals surface area (Å²) in [6, 6.07) is 0.987. The molecule has 78 valence electrons. The molecule has 0 amide bonds. The zero-order valence-corrected chi connectivity index (χ0v) is 8.41. The van der Waals surface area contributed by atoms with E-state index in [1.807, 2.05) is 0 Å². The van der Waals surface area contributed by atoms with E-state index in [0.717, 1.165) is 6.07 Å². The van der Waals surface area contributed by atoms with Crippen molar-refractivity contribution in [1.82, 2.24) is 4.98 Å². The Hall–Kier alpha value is -0.850. The largest absolute Gasteiger partial charge is 0.573 e. The van der Waals surface area contributed by atoms with Gasteiger partial charge in [0.25, 0.3) is 0 Å². The van der Waals surface area contributed by atoms with Gasteiger partial charge in [-0.2, -0.15) is 4.39 Å². The number of halogens is 5. The lowest BCUT2D eigenvalue weighted by Gasteiger charge is -2.10. The van der Waals surface area contributed by atoms with E-state index < -0.39 is 22.5 Å². The predicted octanol–water partition coefficient (Wildman–Crippen LogP) is 3.19. The van der Waals surface area contributed by atoms with Gasteiger partial charge < -0.3 is 4.74 Å². The quantitative estimate of drug-likeness (QED) is 0.579. The number of hydrogen-bond acceptors (Lipinski definition) is 2. The Morgan fingerprint density at radius 1 is 1.43 bits per heavy atom. The van der Waals surface area contributed by atoms with Gasteiger partial charge in [-0.25, -0.2) is 4.98 Å². The normalized spacial score (nSPS) is 11.6. The fraction of sp³-hybridized carbons (Fsp3) is 0.286. The predicted molar refractivity (Wildman–Crippen MR) is 43.3 cm³/mol. The molecule has 0 fully saturated rings. The lowest BCUT2D eigenvalue weighted by Crippen LogP contribution is -2.18. The van der Waals surface area contributed by atoms with Crippen molar-refractivity contribution in [3.8, 4) is 5.75 Å².